The van der Waals surface area contributed by atoms with Gasteiger partial charge in [-0.25, -0.2) is 9.78 Å². The summed E-state index contributed by atoms with van der Waals surface area (Å²) in [5, 5.41) is 32.4. The Labute approximate surface area is 272 Å². The number of aliphatic hydroxyl groups is 2. The number of urea groups is 1. The molecule has 1 aliphatic heterocycles. The molecular formula is C37H37N7O3. The zero-order valence-electron chi connectivity index (χ0n) is 25.8. The van der Waals surface area contributed by atoms with Crippen LogP contribution in [0, 0.1) is 0 Å². The third-order valence-electron chi connectivity index (χ3n) is 9.02. The summed E-state index contributed by atoms with van der Waals surface area (Å²) in [6.07, 6.45) is 3.51. The summed E-state index contributed by atoms with van der Waals surface area (Å²) in [5.74, 6) is 0.698. The summed E-state index contributed by atoms with van der Waals surface area (Å²) in [5.41, 5.74) is 11.2. The quantitative estimate of drug-likeness (QED) is 0.172. The van der Waals surface area contributed by atoms with Crippen LogP contribution in [0.2, 0.25) is 0 Å². The highest BCUT2D eigenvalue weighted by Crippen LogP contribution is 2.31. The number of aromatic nitrogens is 4. The van der Waals surface area contributed by atoms with E-state index in [4.69, 9.17) is 5.73 Å². The van der Waals surface area contributed by atoms with Crippen LogP contribution in [-0.4, -0.2) is 70.1 Å². The fraction of sp³-hybridized carbons (Fsp3) is 0.216. The maximum Gasteiger partial charge on any atom is 0.321 e. The first kappa shape index (κ1) is 30.2. The summed E-state index contributed by atoms with van der Waals surface area (Å²) < 4.78 is 1.83. The Morgan fingerprint density at radius 3 is 1.89 bits per heavy atom. The van der Waals surface area contributed by atoms with Crippen LogP contribution in [0.25, 0.3) is 16.7 Å². The number of aromatic amines is 1. The number of rotatable bonds is 9. The van der Waals surface area contributed by atoms with Crippen molar-refractivity contribution in [3.8, 4) is 5.82 Å². The van der Waals surface area contributed by atoms with Crippen LogP contribution in [0.4, 0.5) is 10.5 Å². The molecule has 5 N–H and O–H groups in total. The minimum absolute atomic E-state index is 0.204. The number of carbonyl (C=O) groups is 1. The number of hydrogen-bond donors (Lipinski definition) is 4. The van der Waals surface area contributed by atoms with Crippen molar-refractivity contribution in [3.63, 3.8) is 0 Å². The maximum atomic E-state index is 15.0. The lowest BCUT2D eigenvalue weighted by atomic mass is 9.91. The number of carbonyl (C=O) groups excluding carboxylic acids is 1. The fourth-order valence-electron chi connectivity index (χ4n) is 6.63. The normalized spacial score (nSPS) is 20.1. The summed E-state index contributed by atoms with van der Waals surface area (Å²) in [6, 6.07) is 31.2. The molecular weight excluding hydrogens is 590 g/mol. The Morgan fingerprint density at radius 1 is 0.723 bits per heavy atom. The second-order valence-corrected chi connectivity index (χ2v) is 12.2. The van der Waals surface area contributed by atoms with Crippen molar-refractivity contribution in [2.24, 2.45) is 0 Å². The number of nitrogens with one attached hydrogen (secondary N) is 1. The molecule has 2 aromatic heterocycles. The Hall–Kier alpha value is -5.45. The molecule has 1 fully saturated rings. The van der Waals surface area contributed by atoms with Crippen LogP contribution in [-0.2, 0) is 25.9 Å². The average Bonchev–Trinajstić information content (AvgIpc) is 3.77. The number of imidazole rings is 1. The van der Waals surface area contributed by atoms with Gasteiger partial charge in [0, 0.05) is 36.6 Å². The van der Waals surface area contributed by atoms with Crippen LogP contribution in [0.3, 0.4) is 0 Å². The minimum Gasteiger partial charge on any atom is -0.399 e. The number of benzene rings is 4. The molecule has 3 heterocycles. The van der Waals surface area contributed by atoms with E-state index in [1.807, 2.05) is 108 Å². The van der Waals surface area contributed by atoms with Crippen LogP contribution < -0.4 is 5.73 Å². The number of nitrogens with zero attached hydrogens (tertiary/aromatic N) is 5. The lowest BCUT2D eigenvalue weighted by molar-refractivity contribution is -0.0408. The van der Waals surface area contributed by atoms with Crippen molar-refractivity contribution in [1.82, 2.24) is 29.5 Å². The topological polar surface area (TPSA) is 137 Å². The lowest BCUT2D eigenvalue weighted by Crippen LogP contribution is -2.50. The molecule has 1 saturated heterocycles. The van der Waals surface area contributed by atoms with Gasteiger partial charge in [-0.3, -0.25) is 9.67 Å². The molecule has 0 spiro atoms. The molecule has 0 bridgehead atoms. The molecule has 1 aliphatic rings. The summed E-state index contributed by atoms with van der Waals surface area (Å²) in [4.78, 5) is 22.6. The number of nitrogen functional groups attached to an aromatic ring is 1. The molecule has 4 atom stereocenters. The predicted octanol–water partition coefficient (Wildman–Crippen LogP) is 4.71. The standard InChI is InChI=1S/C37H37N7O3/c38-29-13-7-12-27(18-29)22-43-32(20-25-8-3-1-4-9-25)34(45)35(46)33(21-26-10-5-2-6-11-26)44(37(43)47)23-28-14-15-31-30(19-28)36(41-40-31)42-17-16-39-24-42/h1-19,24,32-35,45-46H,20-23,38H2,(H,40,41)/t32-,33-,34+,35+/m1/s1. The molecule has 0 aliphatic carbocycles. The second-order valence-electron chi connectivity index (χ2n) is 12.2. The van der Waals surface area contributed by atoms with Crippen LogP contribution in [0.5, 0.6) is 0 Å². The zero-order chi connectivity index (χ0) is 32.3. The van der Waals surface area contributed by atoms with Crippen molar-refractivity contribution in [3.05, 3.63) is 144 Å². The smallest absolute Gasteiger partial charge is 0.321 e. The van der Waals surface area contributed by atoms with Gasteiger partial charge in [0.05, 0.1) is 17.6 Å². The third-order valence-corrected chi connectivity index (χ3v) is 9.02. The first-order chi connectivity index (χ1) is 22.9. The first-order valence-corrected chi connectivity index (χ1v) is 15.8. The van der Waals surface area contributed by atoms with E-state index in [0.717, 1.165) is 33.2 Å². The van der Waals surface area contributed by atoms with Gasteiger partial charge in [-0.05, 0) is 59.4 Å². The van der Waals surface area contributed by atoms with Crippen LogP contribution in [0.15, 0.2) is 122 Å². The van der Waals surface area contributed by atoms with E-state index in [0.29, 0.717) is 24.3 Å². The fourth-order valence-corrected chi connectivity index (χ4v) is 6.63. The summed E-state index contributed by atoms with van der Waals surface area (Å²) in [7, 11) is 0. The molecule has 47 heavy (non-hydrogen) atoms. The number of H-pyrrole nitrogens is 1. The molecule has 7 rings (SSSR count). The number of anilines is 1. The molecule has 6 aromatic rings. The highest BCUT2D eigenvalue weighted by molar-refractivity contribution is 5.86. The first-order valence-electron chi connectivity index (χ1n) is 15.8. The van der Waals surface area contributed by atoms with E-state index >= 15 is 0 Å². The van der Waals surface area contributed by atoms with Gasteiger partial charge in [0.15, 0.2) is 5.82 Å². The van der Waals surface area contributed by atoms with Gasteiger partial charge in [-0.15, -0.1) is 0 Å². The summed E-state index contributed by atoms with van der Waals surface area (Å²) >= 11 is 0. The highest BCUT2D eigenvalue weighted by Gasteiger charge is 2.46. The zero-order valence-corrected chi connectivity index (χ0v) is 25.8. The molecule has 238 valence electrons. The van der Waals surface area contributed by atoms with Gasteiger partial charge >= 0.3 is 6.03 Å². The lowest BCUT2D eigenvalue weighted by Gasteiger charge is -2.36. The molecule has 4 aromatic carbocycles. The predicted molar refractivity (Wildman–Crippen MR) is 180 cm³/mol. The molecule has 10 heteroatoms. The number of aliphatic hydroxyl groups excluding tert-OH is 2. The molecule has 0 unspecified atom stereocenters. The van der Waals surface area contributed by atoms with E-state index < -0.39 is 24.3 Å². The van der Waals surface area contributed by atoms with E-state index in [2.05, 4.69) is 15.2 Å². The van der Waals surface area contributed by atoms with Gasteiger partial charge in [0.1, 0.15) is 18.5 Å². The molecule has 0 saturated carbocycles. The monoisotopic (exact) mass is 627 g/mol. The largest absolute Gasteiger partial charge is 0.399 e. The van der Waals surface area contributed by atoms with Crippen LogP contribution in [0.1, 0.15) is 22.3 Å². The molecule has 2 amide bonds. The molecule has 0 radical (unpaired) electrons. The Bertz CT molecular complexity index is 1950. The highest BCUT2D eigenvalue weighted by atomic mass is 16.3. The SMILES string of the molecule is Nc1cccc(CN2C(=O)N(Cc3ccc4[nH]nc(-n5ccnc5)c4c3)[C@H](Cc3ccccc3)[C@H](O)[C@@H](O)[C@H]2Cc2ccccc2)c1. The van der Waals surface area contributed by atoms with E-state index in [1.165, 1.54) is 0 Å². The van der Waals surface area contributed by atoms with Crippen LogP contribution >= 0.6 is 0 Å². The third kappa shape index (κ3) is 6.33. The Balaban J connectivity index is 1.32. The van der Waals surface area contributed by atoms with Gasteiger partial charge in [-0.2, -0.15) is 5.10 Å². The van der Waals surface area contributed by atoms with Crippen molar-refractivity contribution in [2.45, 2.75) is 50.2 Å². The van der Waals surface area contributed by atoms with Gasteiger partial charge in [0.2, 0.25) is 0 Å². The van der Waals surface area contributed by atoms with E-state index in [9.17, 15) is 15.0 Å². The van der Waals surface area contributed by atoms with E-state index in [-0.39, 0.29) is 19.1 Å². The van der Waals surface area contributed by atoms with E-state index in [1.54, 1.807) is 28.4 Å². The Kier molecular flexibility index (Phi) is 8.43. The van der Waals surface area contributed by atoms with Gasteiger partial charge in [0.25, 0.3) is 0 Å². The number of hydrogen-bond acceptors (Lipinski definition) is 6. The van der Waals surface area contributed by atoms with Crippen molar-refractivity contribution in [1.29, 1.82) is 0 Å². The number of fused-ring (bicyclic) bond motifs is 1. The molecule has 10 nitrogen and oxygen atoms in total. The minimum atomic E-state index is -1.22. The number of amides is 2. The van der Waals surface area contributed by atoms with Crippen molar-refractivity contribution in [2.75, 3.05) is 5.73 Å². The van der Waals surface area contributed by atoms with Gasteiger partial charge < -0.3 is 25.7 Å². The Morgan fingerprint density at radius 2 is 1.32 bits per heavy atom. The maximum absolute atomic E-state index is 15.0. The number of nitrogens with two attached hydrogens (primary N) is 1. The van der Waals surface area contributed by atoms with Crippen molar-refractivity contribution < 1.29 is 15.0 Å². The van der Waals surface area contributed by atoms with Crippen molar-refractivity contribution >= 4 is 22.6 Å². The van der Waals surface area contributed by atoms with Gasteiger partial charge in [-0.1, -0.05) is 78.9 Å². The summed E-state index contributed by atoms with van der Waals surface area (Å²) in [6.45, 7) is 0.418. The average molecular weight is 628 g/mol. The second kappa shape index (κ2) is 13.1.